The lowest BCUT2D eigenvalue weighted by Gasteiger charge is -2.60. The molecule has 1 saturated carbocycles. The van der Waals surface area contributed by atoms with Crippen LogP contribution in [0.15, 0.2) is 61.2 Å². The Bertz CT molecular complexity index is 4150. The molecule has 6 aromatic heterocycles. The van der Waals surface area contributed by atoms with Gasteiger partial charge in [0, 0.05) is 154 Å². The van der Waals surface area contributed by atoms with E-state index >= 15 is 0 Å². The quantitative estimate of drug-likeness (QED) is 0.0874. The van der Waals surface area contributed by atoms with Gasteiger partial charge >= 0.3 is 18.4 Å². The molecule has 14 rings (SSSR count). The van der Waals surface area contributed by atoms with Gasteiger partial charge in [-0.25, -0.2) is 24.7 Å². The summed E-state index contributed by atoms with van der Waals surface area (Å²) in [4.78, 5) is 42.7. The van der Waals surface area contributed by atoms with Gasteiger partial charge in [-0.15, -0.1) is 22.7 Å². The highest BCUT2D eigenvalue weighted by Crippen LogP contribution is 2.48. The molecule has 8 aromatic rings. The molecule has 0 bridgehead atoms. The van der Waals surface area contributed by atoms with Crippen molar-refractivity contribution in [2.75, 3.05) is 89.2 Å². The lowest BCUT2D eigenvalue weighted by atomic mass is 9.63. The molecule has 0 radical (unpaired) electrons. The van der Waals surface area contributed by atoms with Crippen molar-refractivity contribution in [3.63, 3.8) is 0 Å². The van der Waals surface area contributed by atoms with Crippen molar-refractivity contribution >= 4 is 82.6 Å². The zero-order chi connectivity index (χ0) is 65.2. The molecule has 2 aromatic carbocycles. The standard InChI is InChI=1S/C36H43F3N8O2S.C32H36F3N7S/c1-23-24(17-44-9-7-25(8-10-44)43-31-29-14-27(15-36(37,38)39)50-32(29)42-22-41-31)5-6-30-28(23)13-26(16-40)47(30)12-11-45-18-35(19-45)20-46(21-35)33(48)49-34(2,3)4;1-21-22(3-4-28-26(21)13-24(16-36)42(28)12-11-41-18-31(19-41)7-2-8-31)17-40-9-5-23(6-10-40)39-29-27-14-25(15-32(33,34)35)43-30(27)38-20-37-29/h5-6,13-14,22,25H,7-12,15,17-21H2,1-4H3,(H,41,42,43);3-4,13-14,20,23H,2,5-12,15,17-19H2,1H3,(H,37,38,39). The molecule has 17 nitrogen and oxygen atoms in total. The van der Waals surface area contributed by atoms with Gasteiger partial charge in [0.05, 0.1) is 23.6 Å². The summed E-state index contributed by atoms with van der Waals surface area (Å²) in [7, 11) is 0. The second-order valence-electron chi connectivity index (χ2n) is 28.0. The fraction of sp³-hybridized carbons (Fsp3) is 0.544. The molecular weight excluding hydrogens is 1240 g/mol. The number of fused-ring (bicyclic) bond motifs is 4. The number of thiophene rings is 2. The third-order valence-electron chi connectivity index (χ3n) is 20.0. The average Bonchev–Trinajstić information content (AvgIpc) is 1.64. The van der Waals surface area contributed by atoms with Crippen LogP contribution in [-0.2, 0) is 43.8 Å². The van der Waals surface area contributed by atoms with Crippen molar-refractivity contribution in [3.05, 3.63) is 105 Å². The number of benzene rings is 2. The number of rotatable bonds is 16. The monoisotopic (exact) mass is 1320 g/mol. The number of likely N-dealkylation sites (tertiary alicyclic amines) is 5. The average molecular weight is 1320 g/mol. The van der Waals surface area contributed by atoms with E-state index in [9.17, 15) is 41.7 Å². The number of amides is 1. The van der Waals surface area contributed by atoms with Crippen LogP contribution in [0.2, 0.25) is 0 Å². The van der Waals surface area contributed by atoms with Crippen LogP contribution in [0, 0.1) is 47.3 Å². The van der Waals surface area contributed by atoms with E-state index in [2.05, 4.69) is 116 Å². The maximum Gasteiger partial charge on any atom is 0.410 e. The second kappa shape index (κ2) is 25.5. The number of ether oxygens (including phenoxy) is 1. The number of aryl methyl sites for hydroxylation is 2. The predicted octanol–water partition coefficient (Wildman–Crippen LogP) is 13.1. The highest BCUT2D eigenvalue weighted by molar-refractivity contribution is 7.19. The summed E-state index contributed by atoms with van der Waals surface area (Å²) < 4.78 is 87.4. The molecule has 492 valence electrons. The van der Waals surface area contributed by atoms with E-state index < -0.39 is 30.8 Å². The van der Waals surface area contributed by atoms with E-state index in [4.69, 9.17) is 4.74 Å². The smallest absolute Gasteiger partial charge is 0.410 e. The van der Waals surface area contributed by atoms with E-state index in [0.29, 0.717) is 43.2 Å². The summed E-state index contributed by atoms with van der Waals surface area (Å²) in [5, 5.41) is 30.4. The summed E-state index contributed by atoms with van der Waals surface area (Å²) in [5.41, 5.74) is 8.85. The van der Waals surface area contributed by atoms with E-state index in [0.717, 1.165) is 167 Å². The number of nitrogens with one attached hydrogen (secondary N) is 2. The number of halogens is 6. The zero-order valence-electron chi connectivity index (χ0n) is 53.3. The van der Waals surface area contributed by atoms with Crippen LogP contribution in [0.5, 0.6) is 0 Å². The maximum atomic E-state index is 13.0. The SMILES string of the molecule is Cc1c(CN2CCC(Nc3ncnc4sc(CC(F)(F)F)cc34)CC2)ccc2c1cc(C#N)n2CCN1CC2(C1)CN(C(=O)OC(C)(C)C)C2.Cc1c(CN2CCC(Nc3ncnc4sc(CC(F)(F)F)cc34)CC2)ccc2c1cc(C#N)n2CCN1CC2(CCC2)C1. The molecule has 2 spiro atoms. The number of nitrogens with zero attached hydrogens (tertiary/aromatic N) is 13. The minimum atomic E-state index is -4.26. The number of carbonyl (C=O) groups is 1. The summed E-state index contributed by atoms with van der Waals surface area (Å²) in [6.45, 7) is 24.4. The fourth-order valence-electron chi connectivity index (χ4n) is 15.0. The second-order valence-corrected chi connectivity index (χ2v) is 30.3. The summed E-state index contributed by atoms with van der Waals surface area (Å²) in [6, 6.07) is 21.1. The summed E-state index contributed by atoms with van der Waals surface area (Å²) in [6.07, 6.45) is -0.0643. The molecule has 93 heavy (non-hydrogen) atoms. The first-order valence-electron chi connectivity index (χ1n) is 32.4. The van der Waals surface area contributed by atoms with Crippen molar-refractivity contribution in [2.45, 2.75) is 149 Å². The molecule has 6 fully saturated rings. The summed E-state index contributed by atoms with van der Waals surface area (Å²) >= 11 is 2.14. The van der Waals surface area contributed by atoms with Gasteiger partial charge in [0.15, 0.2) is 0 Å². The lowest BCUT2D eigenvalue weighted by molar-refractivity contribution is -0.127. The van der Waals surface area contributed by atoms with Crippen molar-refractivity contribution < 1.29 is 35.9 Å². The normalized spacial score (nSPS) is 19.1. The molecule has 5 saturated heterocycles. The Kier molecular flexibility index (Phi) is 17.7. The minimum absolute atomic E-state index is 0.167. The van der Waals surface area contributed by atoms with Gasteiger partial charge in [0.2, 0.25) is 0 Å². The van der Waals surface area contributed by atoms with E-state index in [1.54, 1.807) is 17.0 Å². The zero-order valence-corrected chi connectivity index (χ0v) is 55.0. The summed E-state index contributed by atoms with van der Waals surface area (Å²) in [5.74, 6) is 1.21. The van der Waals surface area contributed by atoms with Crippen LogP contribution in [0.4, 0.5) is 42.8 Å². The Hall–Kier alpha value is -7.13. The van der Waals surface area contributed by atoms with E-state index in [1.165, 1.54) is 67.3 Å². The van der Waals surface area contributed by atoms with Crippen LogP contribution in [0.1, 0.15) is 109 Å². The van der Waals surface area contributed by atoms with Gasteiger partial charge < -0.3 is 39.2 Å². The first kappa shape index (κ1) is 64.6. The first-order valence-corrected chi connectivity index (χ1v) is 34.0. The van der Waals surface area contributed by atoms with Crippen LogP contribution >= 0.6 is 22.7 Å². The number of aromatic nitrogens is 6. The Morgan fingerprint density at radius 2 is 1.02 bits per heavy atom. The van der Waals surface area contributed by atoms with Crippen LogP contribution in [0.3, 0.4) is 0 Å². The number of carbonyl (C=O) groups excluding carboxylic acids is 1. The highest BCUT2D eigenvalue weighted by Gasteiger charge is 2.54. The Labute approximate surface area is 545 Å². The first-order chi connectivity index (χ1) is 44.4. The number of hydrogen-bond acceptors (Lipinski definition) is 16. The third-order valence-corrected chi connectivity index (χ3v) is 22.0. The number of piperidine rings is 2. The lowest BCUT2D eigenvalue weighted by Crippen LogP contribution is -2.73. The molecule has 2 N–H and O–H groups in total. The van der Waals surface area contributed by atoms with Gasteiger partial charge in [-0.2, -0.15) is 36.9 Å². The Morgan fingerprint density at radius 3 is 1.41 bits per heavy atom. The van der Waals surface area contributed by atoms with Crippen LogP contribution < -0.4 is 10.6 Å². The third kappa shape index (κ3) is 14.3. The molecule has 5 aliphatic heterocycles. The largest absolute Gasteiger partial charge is 0.444 e. The van der Waals surface area contributed by atoms with Crippen molar-refractivity contribution in [1.29, 1.82) is 10.5 Å². The molecule has 6 aliphatic rings. The number of alkyl halides is 6. The number of hydrogen-bond donors (Lipinski definition) is 2. The van der Waals surface area contributed by atoms with E-state index in [-0.39, 0.29) is 33.3 Å². The van der Waals surface area contributed by atoms with Crippen LogP contribution in [-0.4, -0.2) is 168 Å². The Balaban J connectivity index is 0.000000171. The van der Waals surface area contributed by atoms with Crippen molar-refractivity contribution in [1.82, 2.24) is 53.6 Å². The number of anilines is 2. The molecule has 25 heteroatoms. The number of nitriles is 2. The van der Waals surface area contributed by atoms with Gasteiger partial charge in [0.1, 0.15) is 63.1 Å². The van der Waals surface area contributed by atoms with Gasteiger partial charge in [-0.1, -0.05) is 18.6 Å². The Morgan fingerprint density at radius 1 is 0.591 bits per heavy atom. The predicted molar refractivity (Wildman–Crippen MR) is 350 cm³/mol. The van der Waals surface area contributed by atoms with Gasteiger partial charge in [-0.3, -0.25) is 9.80 Å². The van der Waals surface area contributed by atoms with Gasteiger partial charge in [0.25, 0.3) is 0 Å². The molecule has 1 aliphatic carbocycles. The van der Waals surface area contributed by atoms with Gasteiger partial charge in [-0.05, 0) is 137 Å². The maximum absolute atomic E-state index is 13.0. The van der Waals surface area contributed by atoms with Crippen molar-refractivity contribution in [3.8, 4) is 12.1 Å². The van der Waals surface area contributed by atoms with Crippen LogP contribution in [0.25, 0.3) is 42.2 Å². The highest BCUT2D eigenvalue weighted by atomic mass is 32.1. The molecule has 0 atom stereocenters. The fourth-order valence-corrected chi connectivity index (χ4v) is 17.1. The van der Waals surface area contributed by atoms with Crippen molar-refractivity contribution in [2.24, 2.45) is 10.8 Å². The topological polar surface area (TPSA) is 176 Å². The van der Waals surface area contributed by atoms with E-state index in [1.807, 2.05) is 26.8 Å². The molecule has 1 amide bonds. The molecule has 0 unspecified atom stereocenters. The minimum Gasteiger partial charge on any atom is -0.444 e. The molecule has 11 heterocycles. The molecular formula is C68H79F6N15O2S2.